The topological polar surface area (TPSA) is 35.2 Å². The number of nitrogens with two attached hydrogens (primary N) is 1. The van der Waals surface area contributed by atoms with Crippen LogP contribution in [0.5, 0.6) is 0 Å². The maximum Gasteiger partial charge on any atom is 0.0663 e. The number of ether oxygens (including phenoxy) is 1. The Morgan fingerprint density at radius 3 is 2.19 bits per heavy atom. The van der Waals surface area contributed by atoms with Crippen molar-refractivity contribution in [3.05, 3.63) is 35.4 Å². The van der Waals surface area contributed by atoms with Crippen LogP contribution in [-0.2, 0) is 4.74 Å². The van der Waals surface area contributed by atoms with Gasteiger partial charge in [0, 0.05) is 0 Å². The maximum absolute atomic E-state index is 6.07. The number of aryl methyl sites for hydroxylation is 1. The molecule has 0 radical (unpaired) electrons. The summed E-state index contributed by atoms with van der Waals surface area (Å²) in [5, 5.41) is 0. The molecule has 0 spiro atoms. The Morgan fingerprint density at radius 2 is 1.69 bits per heavy atom. The minimum atomic E-state index is -0.0261. The van der Waals surface area contributed by atoms with E-state index in [4.69, 9.17) is 10.5 Å². The van der Waals surface area contributed by atoms with Gasteiger partial charge < -0.3 is 10.5 Å². The predicted octanol–water partition coefficient (Wildman–Crippen LogP) is 3.06. The Labute approximate surface area is 98.8 Å². The van der Waals surface area contributed by atoms with E-state index in [-0.39, 0.29) is 12.1 Å². The Kier molecular flexibility index (Phi) is 4.97. The molecule has 0 heterocycles. The minimum Gasteiger partial charge on any atom is -0.376 e. The van der Waals surface area contributed by atoms with Crippen molar-refractivity contribution in [1.82, 2.24) is 0 Å². The first-order valence-electron chi connectivity index (χ1n) is 5.94. The van der Waals surface area contributed by atoms with Crippen molar-refractivity contribution >= 4 is 0 Å². The van der Waals surface area contributed by atoms with Crippen LogP contribution in [0.4, 0.5) is 0 Å². The van der Waals surface area contributed by atoms with Crippen LogP contribution in [0, 0.1) is 12.8 Å². The van der Waals surface area contributed by atoms with Crippen LogP contribution < -0.4 is 5.73 Å². The fraction of sp³-hybridized carbons (Fsp3) is 0.571. The molecule has 1 rings (SSSR count). The molecule has 16 heavy (non-hydrogen) atoms. The first-order chi connectivity index (χ1) is 7.50. The second kappa shape index (κ2) is 6.02. The average Bonchev–Trinajstić information content (AvgIpc) is 2.26. The molecule has 2 nitrogen and oxygen atoms in total. The second-order valence-corrected chi connectivity index (χ2v) is 4.80. The number of hydrogen-bond acceptors (Lipinski definition) is 2. The fourth-order valence-corrected chi connectivity index (χ4v) is 1.36. The molecular weight excluding hydrogens is 198 g/mol. The lowest BCUT2D eigenvalue weighted by atomic mass is 10.1. The van der Waals surface area contributed by atoms with E-state index in [1.807, 2.05) is 0 Å². The smallest absolute Gasteiger partial charge is 0.0663 e. The molecule has 0 aliphatic heterocycles. The summed E-state index contributed by atoms with van der Waals surface area (Å²) in [6, 6.07) is 8.29. The zero-order chi connectivity index (χ0) is 12.1. The highest BCUT2D eigenvalue weighted by molar-refractivity contribution is 5.23. The van der Waals surface area contributed by atoms with Gasteiger partial charge in [-0.15, -0.1) is 0 Å². The van der Waals surface area contributed by atoms with Gasteiger partial charge in [-0.25, -0.2) is 0 Å². The van der Waals surface area contributed by atoms with Gasteiger partial charge in [-0.05, 0) is 25.3 Å². The van der Waals surface area contributed by atoms with E-state index >= 15 is 0 Å². The van der Waals surface area contributed by atoms with Gasteiger partial charge in [0.25, 0.3) is 0 Å². The van der Waals surface area contributed by atoms with E-state index in [0.717, 1.165) is 5.56 Å². The molecule has 90 valence electrons. The van der Waals surface area contributed by atoms with E-state index in [0.29, 0.717) is 12.5 Å². The van der Waals surface area contributed by atoms with Crippen LogP contribution in [0.2, 0.25) is 0 Å². The van der Waals surface area contributed by atoms with Gasteiger partial charge in [0.15, 0.2) is 0 Å². The molecular formula is C14H23NO. The van der Waals surface area contributed by atoms with Crippen LogP contribution in [-0.4, -0.2) is 12.7 Å². The van der Waals surface area contributed by atoms with E-state index in [2.05, 4.69) is 52.0 Å². The predicted molar refractivity (Wildman–Crippen MR) is 68.4 cm³/mol. The third kappa shape index (κ3) is 3.95. The summed E-state index contributed by atoms with van der Waals surface area (Å²) in [5.74, 6) is 0.533. The van der Waals surface area contributed by atoms with E-state index in [9.17, 15) is 0 Å². The molecule has 2 N–H and O–H groups in total. The van der Waals surface area contributed by atoms with Crippen molar-refractivity contribution in [3.8, 4) is 0 Å². The zero-order valence-corrected chi connectivity index (χ0v) is 10.7. The number of hydrogen-bond donors (Lipinski definition) is 1. The first kappa shape index (κ1) is 13.2. The van der Waals surface area contributed by atoms with Gasteiger partial charge in [-0.2, -0.15) is 0 Å². The molecule has 2 unspecified atom stereocenters. The van der Waals surface area contributed by atoms with Crippen LogP contribution in [0.1, 0.15) is 37.9 Å². The van der Waals surface area contributed by atoms with Crippen molar-refractivity contribution in [2.75, 3.05) is 6.61 Å². The van der Waals surface area contributed by atoms with Gasteiger partial charge >= 0.3 is 0 Å². The maximum atomic E-state index is 6.07. The lowest BCUT2D eigenvalue weighted by Crippen LogP contribution is -2.23. The molecule has 0 aliphatic rings. The van der Waals surface area contributed by atoms with Crippen molar-refractivity contribution in [1.29, 1.82) is 0 Å². The number of benzene rings is 1. The summed E-state index contributed by atoms with van der Waals surface area (Å²) in [6.07, 6.45) is 0.261. The van der Waals surface area contributed by atoms with Gasteiger partial charge in [0.1, 0.15) is 0 Å². The molecule has 0 aliphatic carbocycles. The van der Waals surface area contributed by atoms with Crippen molar-refractivity contribution in [2.45, 2.75) is 39.8 Å². The third-order valence-electron chi connectivity index (χ3n) is 2.98. The number of rotatable bonds is 5. The summed E-state index contributed by atoms with van der Waals surface area (Å²) in [4.78, 5) is 0. The Morgan fingerprint density at radius 1 is 1.12 bits per heavy atom. The molecule has 2 atom stereocenters. The third-order valence-corrected chi connectivity index (χ3v) is 2.98. The van der Waals surface area contributed by atoms with Crippen molar-refractivity contribution < 1.29 is 4.74 Å². The van der Waals surface area contributed by atoms with Crippen molar-refractivity contribution in [3.63, 3.8) is 0 Å². The molecule has 1 aromatic carbocycles. The van der Waals surface area contributed by atoms with Crippen LogP contribution in [0.25, 0.3) is 0 Å². The highest BCUT2D eigenvalue weighted by atomic mass is 16.5. The van der Waals surface area contributed by atoms with Gasteiger partial charge in [0.05, 0.1) is 18.8 Å². The highest BCUT2D eigenvalue weighted by Crippen LogP contribution is 2.14. The van der Waals surface area contributed by atoms with Crippen LogP contribution in [0.15, 0.2) is 24.3 Å². The first-order valence-corrected chi connectivity index (χ1v) is 5.94. The zero-order valence-electron chi connectivity index (χ0n) is 10.7. The average molecular weight is 221 g/mol. The molecule has 0 aromatic heterocycles. The quantitative estimate of drug-likeness (QED) is 0.829. The summed E-state index contributed by atoms with van der Waals surface area (Å²) in [7, 11) is 0. The Balaban J connectivity index is 2.46. The molecule has 0 saturated carbocycles. The lowest BCUT2D eigenvalue weighted by molar-refractivity contribution is 0.0272. The molecule has 0 saturated heterocycles. The highest BCUT2D eigenvalue weighted by Gasteiger charge is 2.11. The SMILES string of the molecule is Cc1ccc(C(N)COC(C)C(C)C)cc1. The molecule has 1 aromatic rings. The van der Waals surface area contributed by atoms with Gasteiger partial charge in [-0.3, -0.25) is 0 Å². The lowest BCUT2D eigenvalue weighted by Gasteiger charge is -2.20. The molecule has 2 heteroatoms. The summed E-state index contributed by atoms with van der Waals surface area (Å²) < 4.78 is 5.72. The van der Waals surface area contributed by atoms with Gasteiger partial charge in [-0.1, -0.05) is 43.7 Å². The second-order valence-electron chi connectivity index (χ2n) is 4.80. The van der Waals surface area contributed by atoms with E-state index in [1.165, 1.54) is 5.56 Å². The van der Waals surface area contributed by atoms with Crippen LogP contribution in [0.3, 0.4) is 0 Å². The fourth-order valence-electron chi connectivity index (χ4n) is 1.36. The normalized spacial score (nSPS) is 15.1. The molecule has 0 fully saturated rings. The van der Waals surface area contributed by atoms with E-state index < -0.39 is 0 Å². The Bertz CT molecular complexity index is 305. The van der Waals surface area contributed by atoms with Crippen LogP contribution >= 0.6 is 0 Å². The Hall–Kier alpha value is -0.860. The summed E-state index contributed by atoms with van der Waals surface area (Å²) >= 11 is 0. The minimum absolute atomic E-state index is 0.0261. The standard InChI is InChI=1S/C14H23NO/c1-10(2)12(4)16-9-14(15)13-7-5-11(3)6-8-13/h5-8,10,12,14H,9,15H2,1-4H3. The monoisotopic (exact) mass is 221 g/mol. The molecule has 0 bridgehead atoms. The van der Waals surface area contributed by atoms with Gasteiger partial charge in [0.2, 0.25) is 0 Å². The van der Waals surface area contributed by atoms with E-state index in [1.54, 1.807) is 0 Å². The summed E-state index contributed by atoms with van der Waals surface area (Å²) in [6.45, 7) is 9.06. The largest absolute Gasteiger partial charge is 0.376 e. The molecule has 0 amide bonds. The van der Waals surface area contributed by atoms with Crippen molar-refractivity contribution in [2.24, 2.45) is 11.7 Å². The summed E-state index contributed by atoms with van der Waals surface area (Å²) in [5.41, 5.74) is 8.47.